The molecule has 4 nitrogen and oxygen atoms in total. The van der Waals surface area contributed by atoms with Crippen LogP contribution in [0.2, 0.25) is 0 Å². The van der Waals surface area contributed by atoms with Crippen molar-refractivity contribution in [3.05, 3.63) is 35.6 Å². The number of fused-ring (bicyclic) bond motifs is 1. The van der Waals surface area contributed by atoms with Gasteiger partial charge < -0.3 is 9.73 Å². The maximum atomic E-state index is 12.4. The van der Waals surface area contributed by atoms with E-state index in [9.17, 15) is 4.79 Å². The number of hydrogen-bond acceptors (Lipinski definition) is 5. The van der Waals surface area contributed by atoms with E-state index >= 15 is 0 Å². The lowest BCUT2D eigenvalue weighted by Crippen LogP contribution is -2.25. The fourth-order valence-corrected chi connectivity index (χ4v) is 4.48. The zero-order valence-corrected chi connectivity index (χ0v) is 13.6. The van der Waals surface area contributed by atoms with E-state index in [0.29, 0.717) is 11.8 Å². The Hall–Kier alpha value is -1.40. The fourth-order valence-electron chi connectivity index (χ4n) is 2.44. The molecule has 1 aliphatic carbocycles. The molecule has 1 aromatic carbocycles. The number of benzene rings is 1. The highest BCUT2D eigenvalue weighted by atomic mass is 32.2. The van der Waals surface area contributed by atoms with Gasteiger partial charge in [0.25, 0.3) is 5.91 Å². The maximum Gasteiger partial charge on any atom is 0.287 e. The largest absolute Gasteiger partial charge is 0.451 e. The highest BCUT2D eigenvalue weighted by Crippen LogP contribution is 2.33. The highest BCUT2D eigenvalue weighted by Gasteiger charge is 2.28. The summed E-state index contributed by atoms with van der Waals surface area (Å²) in [7, 11) is 0. The van der Waals surface area contributed by atoms with E-state index in [1.165, 1.54) is 0 Å². The predicted octanol–water partition coefficient (Wildman–Crippen LogP) is 3.66. The van der Waals surface area contributed by atoms with Crippen LogP contribution in [0, 0.1) is 0 Å². The summed E-state index contributed by atoms with van der Waals surface area (Å²) in [5.41, 5.74) is 1.76. The minimum atomic E-state index is -0.0877. The second kappa shape index (κ2) is 6.01. The standard InChI is InChI=1S/C16H16N2O2S2/c19-15(18-10-5-6-10)14-12(9-22-16-17-7-8-21-16)11-3-1-2-4-13(11)20-14/h1-4,10H,5-9H2,(H,18,19). The van der Waals surface area contributed by atoms with Gasteiger partial charge in [0.2, 0.25) is 0 Å². The lowest BCUT2D eigenvalue weighted by atomic mass is 10.1. The van der Waals surface area contributed by atoms with Crippen LogP contribution in [-0.2, 0) is 5.75 Å². The zero-order valence-electron chi connectivity index (χ0n) is 12.0. The normalized spacial score (nSPS) is 17.7. The van der Waals surface area contributed by atoms with Gasteiger partial charge in [-0.15, -0.1) is 0 Å². The molecule has 0 saturated heterocycles. The molecule has 1 N–H and O–H groups in total. The molecule has 22 heavy (non-hydrogen) atoms. The summed E-state index contributed by atoms with van der Waals surface area (Å²) in [5.74, 6) is 2.15. The quantitative estimate of drug-likeness (QED) is 0.928. The van der Waals surface area contributed by atoms with Gasteiger partial charge in [-0.05, 0) is 18.9 Å². The summed E-state index contributed by atoms with van der Waals surface area (Å²) < 4.78 is 6.94. The van der Waals surface area contributed by atoms with Crippen molar-refractivity contribution in [1.82, 2.24) is 5.32 Å². The van der Waals surface area contributed by atoms with E-state index in [1.807, 2.05) is 24.3 Å². The summed E-state index contributed by atoms with van der Waals surface area (Å²) in [6.45, 7) is 0.897. The highest BCUT2D eigenvalue weighted by molar-refractivity contribution is 8.38. The van der Waals surface area contributed by atoms with Crippen molar-refractivity contribution in [3.8, 4) is 0 Å². The molecular weight excluding hydrogens is 316 g/mol. The summed E-state index contributed by atoms with van der Waals surface area (Å²) in [6.07, 6.45) is 2.15. The van der Waals surface area contributed by atoms with Crippen molar-refractivity contribution >= 4 is 44.8 Å². The van der Waals surface area contributed by atoms with Gasteiger partial charge in [0.1, 0.15) is 9.96 Å². The average Bonchev–Trinajstić information content (AvgIpc) is 3.06. The number of nitrogens with zero attached hydrogens (tertiary/aromatic N) is 1. The molecule has 1 fully saturated rings. The topological polar surface area (TPSA) is 54.6 Å². The van der Waals surface area contributed by atoms with E-state index in [2.05, 4.69) is 10.3 Å². The predicted molar refractivity (Wildman–Crippen MR) is 92.8 cm³/mol. The summed E-state index contributed by atoms with van der Waals surface area (Å²) in [4.78, 5) is 16.9. The van der Waals surface area contributed by atoms with Crippen molar-refractivity contribution < 1.29 is 9.21 Å². The average molecular weight is 332 g/mol. The first-order chi connectivity index (χ1) is 10.8. The molecule has 0 spiro atoms. The number of nitrogens with one attached hydrogen (secondary N) is 1. The molecule has 4 rings (SSSR count). The minimum Gasteiger partial charge on any atom is -0.451 e. The SMILES string of the molecule is O=C(NC1CC1)c1oc2ccccc2c1CSC1=NCCS1. The molecule has 1 aliphatic heterocycles. The zero-order chi connectivity index (χ0) is 14.9. The Bertz CT molecular complexity index is 750. The van der Waals surface area contributed by atoms with Gasteiger partial charge in [-0.3, -0.25) is 9.79 Å². The maximum absolute atomic E-state index is 12.4. The van der Waals surface area contributed by atoms with Crippen molar-refractivity contribution in [2.24, 2.45) is 4.99 Å². The molecule has 0 unspecified atom stereocenters. The first-order valence-corrected chi connectivity index (χ1v) is 9.40. The van der Waals surface area contributed by atoms with E-state index < -0.39 is 0 Å². The lowest BCUT2D eigenvalue weighted by Gasteiger charge is -2.04. The van der Waals surface area contributed by atoms with Crippen molar-refractivity contribution in [2.45, 2.75) is 24.6 Å². The monoisotopic (exact) mass is 332 g/mol. The molecule has 0 radical (unpaired) electrons. The summed E-state index contributed by atoms with van der Waals surface area (Å²) >= 11 is 3.48. The number of carbonyl (C=O) groups excluding carboxylic acids is 1. The number of aliphatic imine (C=N–C) groups is 1. The number of furan rings is 1. The number of amides is 1. The Balaban J connectivity index is 1.64. The van der Waals surface area contributed by atoms with Gasteiger partial charge in [0.15, 0.2) is 5.76 Å². The third-order valence-electron chi connectivity index (χ3n) is 3.71. The van der Waals surface area contributed by atoms with Crippen LogP contribution in [0.3, 0.4) is 0 Å². The van der Waals surface area contributed by atoms with Crippen LogP contribution in [0.5, 0.6) is 0 Å². The van der Waals surface area contributed by atoms with Gasteiger partial charge in [-0.25, -0.2) is 0 Å². The number of rotatable bonds is 4. The second-order valence-electron chi connectivity index (χ2n) is 5.44. The number of para-hydroxylation sites is 1. The van der Waals surface area contributed by atoms with Gasteiger partial charge >= 0.3 is 0 Å². The van der Waals surface area contributed by atoms with Crippen LogP contribution in [-0.4, -0.2) is 28.6 Å². The van der Waals surface area contributed by atoms with Crippen LogP contribution in [0.4, 0.5) is 0 Å². The minimum absolute atomic E-state index is 0.0877. The molecule has 1 amide bonds. The first-order valence-electron chi connectivity index (χ1n) is 7.42. The molecule has 0 bridgehead atoms. The number of thioether (sulfide) groups is 2. The van der Waals surface area contributed by atoms with E-state index in [4.69, 9.17) is 4.42 Å². The Morgan fingerprint density at radius 2 is 2.27 bits per heavy atom. The van der Waals surface area contributed by atoms with Crippen LogP contribution in [0.15, 0.2) is 33.7 Å². The molecule has 1 saturated carbocycles. The van der Waals surface area contributed by atoms with Gasteiger partial charge in [-0.1, -0.05) is 41.7 Å². The number of carbonyl (C=O) groups is 1. The van der Waals surface area contributed by atoms with Gasteiger partial charge in [0.05, 0.1) is 6.54 Å². The lowest BCUT2D eigenvalue weighted by molar-refractivity contribution is 0.0924. The summed E-state index contributed by atoms with van der Waals surface area (Å²) in [6, 6.07) is 8.18. The van der Waals surface area contributed by atoms with E-state index in [-0.39, 0.29) is 5.91 Å². The van der Waals surface area contributed by atoms with Crippen LogP contribution < -0.4 is 5.32 Å². The van der Waals surface area contributed by atoms with Gasteiger partial charge in [-0.2, -0.15) is 0 Å². The number of hydrogen-bond donors (Lipinski definition) is 1. The van der Waals surface area contributed by atoms with Crippen LogP contribution in [0.25, 0.3) is 11.0 Å². The second-order valence-corrected chi connectivity index (χ2v) is 7.74. The third-order valence-corrected chi connectivity index (χ3v) is 5.99. The molecule has 2 heterocycles. The Morgan fingerprint density at radius 1 is 1.41 bits per heavy atom. The molecular formula is C16H16N2O2S2. The summed E-state index contributed by atoms with van der Waals surface area (Å²) in [5, 5.41) is 4.05. The van der Waals surface area contributed by atoms with Crippen LogP contribution >= 0.6 is 23.5 Å². The van der Waals surface area contributed by atoms with E-state index in [0.717, 1.165) is 51.8 Å². The molecule has 0 atom stereocenters. The van der Waals surface area contributed by atoms with Crippen molar-refractivity contribution in [1.29, 1.82) is 0 Å². The van der Waals surface area contributed by atoms with Crippen molar-refractivity contribution in [2.75, 3.05) is 12.3 Å². The fraction of sp³-hybridized carbons (Fsp3) is 0.375. The molecule has 1 aromatic heterocycles. The smallest absolute Gasteiger partial charge is 0.287 e. The van der Waals surface area contributed by atoms with Gasteiger partial charge in [0, 0.05) is 28.5 Å². The Morgan fingerprint density at radius 3 is 3.05 bits per heavy atom. The molecule has 2 aliphatic rings. The molecule has 6 heteroatoms. The Labute approximate surface area is 137 Å². The van der Waals surface area contributed by atoms with Crippen molar-refractivity contribution in [3.63, 3.8) is 0 Å². The van der Waals surface area contributed by atoms with Crippen LogP contribution in [0.1, 0.15) is 29.0 Å². The molecule has 2 aromatic rings. The third kappa shape index (κ3) is 2.90. The molecule has 114 valence electrons. The Kier molecular flexibility index (Phi) is 3.88. The van der Waals surface area contributed by atoms with E-state index in [1.54, 1.807) is 23.5 Å². The first kappa shape index (κ1) is 14.2.